The van der Waals surface area contributed by atoms with Crippen LogP contribution in [0, 0.1) is 0 Å². The Kier molecular flexibility index (Phi) is 10.3. The number of unbranched alkanes of at least 4 members (excludes halogenated alkanes) is 2. The van der Waals surface area contributed by atoms with Crippen molar-refractivity contribution >= 4 is 23.6 Å². The summed E-state index contributed by atoms with van der Waals surface area (Å²) in [6, 6.07) is 14.2. The third kappa shape index (κ3) is 9.16. The first-order chi connectivity index (χ1) is 14.1. The van der Waals surface area contributed by atoms with Crippen LogP contribution in [0.4, 0.5) is 0 Å². The molecule has 0 radical (unpaired) electrons. The van der Waals surface area contributed by atoms with E-state index in [9.17, 15) is 4.79 Å². The lowest BCUT2D eigenvalue weighted by atomic mass is 10.1. The molecular weight excluding hydrogens is 386 g/mol. The molecular formula is C24H30ClNO3. The van der Waals surface area contributed by atoms with Crippen LogP contribution in [-0.4, -0.2) is 24.2 Å². The number of carboxylic acids is 1. The molecule has 0 amide bonds. The van der Waals surface area contributed by atoms with Crippen molar-refractivity contribution < 1.29 is 14.6 Å². The maximum atomic E-state index is 10.4. The molecule has 2 aromatic carbocycles. The van der Waals surface area contributed by atoms with Crippen LogP contribution in [0.1, 0.15) is 49.3 Å². The number of nitrogens with one attached hydrogen (secondary N) is 1. The van der Waals surface area contributed by atoms with Crippen molar-refractivity contribution in [3.63, 3.8) is 0 Å². The van der Waals surface area contributed by atoms with E-state index >= 15 is 0 Å². The zero-order chi connectivity index (χ0) is 20.9. The second-order valence-corrected chi connectivity index (χ2v) is 7.40. The molecule has 156 valence electrons. The first kappa shape index (κ1) is 23.0. The third-order valence-corrected chi connectivity index (χ3v) is 4.87. The minimum Gasteiger partial charge on any atom is -0.489 e. The van der Waals surface area contributed by atoms with Gasteiger partial charge in [0.15, 0.2) is 0 Å². The van der Waals surface area contributed by atoms with Gasteiger partial charge in [0.05, 0.1) is 11.4 Å². The summed E-state index contributed by atoms with van der Waals surface area (Å²) in [5.74, 6) is -0.0678. The number of carbonyl (C=O) groups is 1. The van der Waals surface area contributed by atoms with Crippen molar-refractivity contribution in [2.45, 2.75) is 45.6 Å². The lowest BCUT2D eigenvalue weighted by molar-refractivity contribution is -0.136. The van der Waals surface area contributed by atoms with Crippen LogP contribution in [0.25, 0.3) is 6.08 Å². The zero-order valence-electron chi connectivity index (χ0n) is 17.0. The third-order valence-electron chi connectivity index (χ3n) is 4.54. The minimum atomic E-state index is -0.803. The Morgan fingerprint density at radius 3 is 2.59 bits per heavy atom. The molecule has 2 rings (SSSR count). The van der Waals surface area contributed by atoms with Gasteiger partial charge >= 0.3 is 5.97 Å². The number of aryl methyl sites for hydroxylation is 1. The average Bonchev–Trinajstić information content (AvgIpc) is 2.71. The summed E-state index contributed by atoms with van der Waals surface area (Å²) in [5, 5.41) is 12.3. The number of benzene rings is 2. The number of hydrogen-bond acceptors (Lipinski definition) is 3. The van der Waals surface area contributed by atoms with Crippen LogP contribution in [0.5, 0.6) is 5.75 Å². The molecule has 0 unspecified atom stereocenters. The van der Waals surface area contributed by atoms with Crippen LogP contribution in [0.15, 0.2) is 48.5 Å². The predicted octanol–water partition coefficient (Wildman–Crippen LogP) is 5.73. The van der Waals surface area contributed by atoms with Gasteiger partial charge in [-0.15, -0.1) is 0 Å². The highest BCUT2D eigenvalue weighted by Crippen LogP contribution is 2.24. The van der Waals surface area contributed by atoms with E-state index in [-0.39, 0.29) is 6.42 Å². The molecule has 0 bridgehead atoms. The minimum absolute atomic E-state index is 0.113. The summed E-state index contributed by atoms with van der Waals surface area (Å²) in [5.41, 5.74) is 3.41. The van der Waals surface area contributed by atoms with Crippen molar-refractivity contribution in [2.24, 2.45) is 0 Å². The van der Waals surface area contributed by atoms with Gasteiger partial charge in [-0.05, 0) is 47.7 Å². The molecule has 0 spiro atoms. The summed E-state index contributed by atoms with van der Waals surface area (Å²) in [6.07, 6.45) is 8.84. The molecule has 0 aliphatic carbocycles. The Labute approximate surface area is 178 Å². The van der Waals surface area contributed by atoms with Crippen molar-refractivity contribution in [1.82, 2.24) is 5.32 Å². The van der Waals surface area contributed by atoms with Crippen LogP contribution < -0.4 is 10.1 Å². The molecule has 0 aliphatic rings. The van der Waals surface area contributed by atoms with E-state index in [4.69, 9.17) is 21.4 Å². The second-order valence-electron chi connectivity index (χ2n) is 7.00. The standard InChI is InChI=1S/C24H30ClNO3/c1-2-3-4-6-19-8-10-20(11-9-19)18-29-22-13-12-21(23(25)17-22)7-5-15-26-16-14-24(27)28/h5,7-13,17,26H,2-4,6,14-16,18H2,1H3,(H,27,28). The summed E-state index contributed by atoms with van der Waals surface area (Å²) >= 11 is 6.34. The van der Waals surface area contributed by atoms with Crippen LogP contribution in [-0.2, 0) is 17.8 Å². The number of ether oxygens (including phenoxy) is 1. The number of halogens is 1. The Morgan fingerprint density at radius 1 is 1.14 bits per heavy atom. The van der Waals surface area contributed by atoms with Gasteiger partial charge in [0.25, 0.3) is 0 Å². The molecule has 2 aromatic rings. The van der Waals surface area contributed by atoms with Gasteiger partial charge in [0, 0.05) is 13.1 Å². The van der Waals surface area contributed by atoms with Gasteiger partial charge in [-0.2, -0.15) is 0 Å². The zero-order valence-corrected chi connectivity index (χ0v) is 17.8. The Bertz CT molecular complexity index is 787. The Balaban J connectivity index is 1.78. The fourth-order valence-electron chi connectivity index (χ4n) is 2.85. The molecule has 29 heavy (non-hydrogen) atoms. The summed E-state index contributed by atoms with van der Waals surface area (Å²) < 4.78 is 5.87. The van der Waals surface area contributed by atoms with Gasteiger partial charge in [0.1, 0.15) is 12.4 Å². The number of rotatable bonds is 13. The van der Waals surface area contributed by atoms with Crippen molar-refractivity contribution in [3.8, 4) is 5.75 Å². The molecule has 0 saturated heterocycles. The second kappa shape index (κ2) is 13.0. The van der Waals surface area contributed by atoms with Crippen molar-refractivity contribution in [2.75, 3.05) is 13.1 Å². The predicted molar refractivity (Wildman–Crippen MR) is 120 cm³/mol. The van der Waals surface area contributed by atoms with E-state index in [1.807, 2.05) is 30.4 Å². The van der Waals surface area contributed by atoms with Gasteiger partial charge < -0.3 is 15.2 Å². The van der Waals surface area contributed by atoms with E-state index < -0.39 is 5.97 Å². The molecule has 0 saturated carbocycles. The first-order valence-corrected chi connectivity index (χ1v) is 10.6. The lowest BCUT2D eigenvalue weighted by Gasteiger charge is -2.09. The normalized spacial score (nSPS) is 11.1. The van der Waals surface area contributed by atoms with E-state index in [2.05, 4.69) is 36.5 Å². The average molecular weight is 416 g/mol. The smallest absolute Gasteiger partial charge is 0.304 e. The highest BCUT2D eigenvalue weighted by atomic mass is 35.5. The molecule has 4 nitrogen and oxygen atoms in total. The van der Waals surface area contributed by atoms with Crippen molar-refractivity contribution in [1.29, 1.82) is 0 Å². The largest absolute Gasteiger partial charge is 0.489 e. The molecule has 0 aromatic heterocycles. The molecule has 0 atom stereocenters. The molecule has 5 heteroatoms. The Morgan fingerprint density at radius 2 is 1.90 bits per heavy atom. The fraction of sp³-hybridized carbons (Fsp3) is 0.375. The van der Waals surface area contributed by atoms with Gasteiger partial charge in [-0.1, -0.05) is 67.8 Å². The van der Waals surface area contributed by atoms with Crippen LogP contribution in [0.2, 0.25) is 5.02 Å². The molecule has 2 N–H and O–H groups in total. The van der Waals surface area contributed by atoms with Crippen molar-refractivity contribution in [3.05, 3.63) is 70.3 Å². The highest BCUT2D eigenvalue weighted by molar-refractivity contribution is 6.32. The van der Waals surface area contributed by atoms with E-state index in [1.54, 1.807) is 0 Å². The number of carboxylic acid groups (broad SMARTS) is 1. The lowest BCUT2D eigenvalue weighted by Crippen LogP contribution is -2.17. The van der Waals surface area contributed by atoms with Crippen LogP contribution >= 0.6 is 11.6 Å². The van der Waals surface area contributed by atoms with Gasteiger partial charge in [-0.3, -0.25) is 4.79 Å². The first-order valence-electron chi connectivity index (χ1n) is 10.2. The monoisotopic (exact) mass is 415 g/mol. The topological polar surface area (TPSA) is 58.6 Å². The summed E-state index contributed by atoms with van der Waals surface area (Å²) in [6.45, 7) is 3.77. The van der Waals surface area contributed by atoms with Crippen LogP contribution in [0.3, 0.4) is 0 Å². The van der Waals surface area contributed by atoms with E-state index in [0.29, 0.717) is 24.7 Å². The SMILES string of the molecule is CCCCCc1ccc(COc2ccc(C=CCNCCC(=O)O)c(Cl)c2)cc1. The summed E-state index contributed by atoms with van der Waals surface area (Å²) in [7, 11) is 0. The summed E-state index contributed by atoms with van der Waals surface area (Å²) in [4.78, 5) is 10.4. The maximum absolute atomic E-state index is 10.4. The maximum Gasteiger partial charge on any atom is 0.304 e. The highest BCUT2D eigenvalue weighted by Gasteiger charge is 2.02. The number of hydrogen-bond donors (Lipinski definition) is 2. The quantitative estimate of drug-likeness (QED) is 0.410. The van der Waals surface area contributed by atoms with Gasteiger partial charge in [-0.25, -0.2) is 0 Å². The van der Waals surface area contributed by atoms with E-state index in [1.165, 1.54) is 24.8 Å². The fourth-order valence-corrected chi connectivity index (χ4v) is 3.08. The number of aliphatic carboxylic acids is 1. The molecule has 0 aliphatic heterocycles. The molecule has 0 heterocycles. The van der Waals surface area contributed by atoms with E-state index in [0.717, 1.165) is 23.3 Å². The molecule has 0 fully saturated rings. The Hall–Kier alpha value is -2.30. The van der Waals surface area contributed by atoms with Gasteiger partial charge in [0.2, 0.25) is 0 Å².